The van der Waals surface area contributed by atoms with Crippen LogP contribution >= 0.6 is 0 Å². The van der Waals surface area contributed by atoms with Crippen LogP contribution in [-0.4, -0.2) is 24.3 Å². The first kappa shape index (κ1) is 13.3. The van der Waals surface area contributed by atoms with Gasteiger partial charge in [0.25, 0.3) is 0 Å². The number of aliphatic hydroxyl groups excluding tert-OH is 1. The molecule has 1 aliphatic carbocycles. The Morgan fingerprint density at radius 1 is 1.50 bits per heavy atom. The van der Waals surface area contributed by atoms with Gasteiger partial charge in [-0.1, -0.05) is 25.5 Å². The fourth-order valence-electron chi connectivity index (χ4n) is 3.20. The lowest BCUT2D eigenvalue weighted by atomic mass is 9.86. The van der Waals surface area contributed by atoms with Crippen molar-refractivity contribution in [2.24, 2.45) is 17.3 Å². The average Bonchev–Trinajstić information content (AvgIpc) is 2.64. The van der Waals surface area contributed by atoms with Crippen LogP contribution in [0.25, 0.3) is 0 Å². The first-order valence-corrected chi connectivity index (χ1v) is 6.57. The van der Waals surface area contributed by atoms with Gasteiger partial charge in [-0.3, -0.25) is 4.79 Å². The van der Waals surface area contributed by atoms with Crippen LogP contribution < -0.4 is 0 Å². The van der Waals surface area contributed by atoms with Crippen LogP contribution in [0, 0.1) is 17.3 Å². The fourth-order valence-corrected chi connectivity index (χ4v) is 3.20. The molecule has 0 unspecified atom stereocenters. The van der Waals surface area contributed by atoms with E-state index in [4.69, 9.17) is 4.74 Å². The lowest BCUT2D eigenvalue weighted by Gasteiger charge is -2.27. The van der Waals surface area contributed by atoms with E-state index >= 15 is 0 Å². The van der Waals surface area contributed by atoms with E-state index in [1.165, 1.54) is 5.57 Å². The molecule has 3 nitrogen and oxygen atoms in total. The standard InChI is InChI=1S/C15H22O3/c1-4-10-6-15(2,3)7-12(10)13-9-18-14(17)5-11(13)8-16/h4,10-11,16H,1,5-9H2,2-3H3/b13-12-/t10-,11+/m1/s1. The molecule has 1 heterocycles. The number of cyclic esters (lactones) is 1. The molecule has 2 aliphatic rings. The van der Waals surface area contributed by atoms with Crippen LogP contribution in [0.4, 0.5) is 0 Å². The maximum absolute atomic E-state index is 11.3. The van der Waals surface area contributed by atoms with Crippen LogP contribution in [0.2, 0.25) is 0 Å². The van der Waals surface area contributed by atoms with E-state index in [1.54, 1.807) is 0 Å². The predicted molar refractivity (Wildman–Crippen MR) is 69.9 cm³/mol. The summed E-state index contributed by atoms with van der Waals surface area (Å²) < 4.78 is 5.15. The number of carbonyl (C=O) groups is 1. The number of aliphatic hydroxyl groups is 1. The molecule has 0 aromatic heterocycles. The van der Waals surface area contributed by atoms with E-state index in [1.807, 2.05) is 6.08 Å². The van der Waals surface area contributed by atoms with Gasteiger partial charge in [0, 0.05) is 5.92 Å². The van der Waals surface area contributed by atoms with E-state index in [0.717, 1.165) is 18.4 Å². The van der Waals surface area contributed by atoms with E-state index < -0.39 is 0 Å². The number of hydrogen-bond acceptors (Lipinski definition) is 3. The number of allylic oxidation sites excluding steroid dienone is 2. The van der Waals surface area contributed by atoms with Crippen molar-refractivity contribution in [3.63, 3.8) is 0 Å². The van der Waals surface area contributed by atoms with Crippen molar-refractivity contribution in [1.29, 1.82) is 0 Å². The van der Waals surface area contributed by atoms with E-state index in [0.29, 0.717) is 18.9 Å². The van der Waals surface area contributed by atoms with Gasteiger partial charge < -0.3 is 9.84 Å². The summed E-state index contributed by atoms with van der Waals surface area (Å²) in [5.41, 5.74) is 2.73. The molecule has 0 amide bonds. The Morgan fingerprint density at radius 2 is 2.22 bits per heavy atom. The highest BCUT2D eigenvalue weighted by Gasteiger charge is 2.38. The molecule has 0 spiro atoms. The highest BCUT2D eigenvalue weighted by molar-refractivity contribution is 5.72. The second-order valence-electron chi connectivity index (χ2n) is 6.18. The summed E-state index contributed by atoms with van der Waals surface area (Å²) in [6, 6.07) is 0. The summed E-state index contributed by atoms with van der Waals surface area (Å²) >= 11 is 0. The zero-order chi connectivity index (χ0) is 13.3. The van der Waals surface area contributed by atoms with Crippen molar-refractivity contribution in [1.82, 2.24) is 0 Å². The number of esters is 1. The van der Waals surface area contributed by atoms with Gasteiger partial charge in [0.15, 0.2) is 0 Å². The van der Waals surface area contributed by atoms with Crippen LogP contribution in [0.15, 0.2) is 23.8 Å². The van der Waals surface area contributed by atoms with Gasteiger partial charge in [0.2, 0.25) is 0 Å². The molecule has 2 atom stereocenters. The second kappa shape index (κ2) is 4.88. The van der Waals surface area contributed by atoms with Crippen molar-refractivity contribution in [3.8, 4) is 0 Å². The minimum absolute atomic E-state index is 0.0260. The van der Waals surface area contributed by atoms with Crippen LogP contribution in [0.1, 0.15) is 33.1 Å². The monoisotopic (exact) mass is 250 g/mol. The van der Waals surface area contributed by atoms with Crippen LogP contribution in [0.3, 0.4) is 0 Å². The van der Waals surface area contributed by atoms with Gasteiger partial charge in [0.05, 0.1) is 13.0 Å². The third kappa shape index (κ3) is 2.51. The average molecular weight is 250 g/mol. The molecular weight excluding hydrogens is 228 g/mol. The summed E-state index contributed by atoms with van der Waals surface area (Å²) in [4.78, 5) is 11.3. The quantitative estimate of drug-likeness (QED) is 0.605. The number of ether oxygens (including phenoxy) is 1. The third-order valence-corrected chi connectivity index (χ3v) is 4.10. The van der Waals surface area contributed by atoms with Crippen molar-refractivity contribution < 1.29 is 14.6 Å². The largest absolute Gasteiger partial charge is 0.461 e. The number of carbonyl (C=O) groups excluding carboxylic acids is 1. The summed E-state index contributed by atoms with van der Waals surface area (Å²) in [6.45, 7) is 8.79. The van der Waals surface area contributed by atoms with Gasteiger partial charge in [-0.15, -0.1) is 6.58 Å². The number of hydrogen-bond donors (Lipinski definition) is 1. The molecule has 18 heavy (non-hydrogen) atoms. The topological polar surface area (TPSA) is 46.5 Å². The summed E-state index contributed by atoms with van der Waals surface area (Å²) in [5.74, 6) is 0.101. The maximum atomic E-state index is 11.3. The molecule has 1 N–H and O–H groups in total. The molecule has 0 bridgehead atoms. The Balaban J connectivity index is 2.33. The van der Waals surface area contributed by atoms with Crippen molar-refractivity contribution in [3.05, 3.63) is 23.8 Å². The minimum atomic E-state index is -0.203. The number of rotatable bonds is 2. The molecule has 1 aliphatic heterocycles. The Morgan fingerprint density at radius 3 is 2.83 bits per heavy atom. The second-order valence-corrected chi connectivity index (χ2v) is 6.18. The van der Waals surface area contributed by atoms with Gasteiger partial charge in [-0.2, -0.15) is 0 Å². The molecular formula is C15H22O3. The molecule has 2 fully saturated rings. The van der Waals surface area contributed by atoms with Crippen molar-refractivity contribution >= 4 is 5.97 Å². The molecule has 0 radical (unpaired) electrons. The van der Waals surface area contributed by atoms with Crippen molar-refractivity contribution in [2.75, 3.05) is 13.2 Å². The molecule has 100 valence electrons. The summed E-state index contributed by atoms with van der Waals surface area (Å²) in [5, 5.41) is 9.46. The van der Waals surface area contributed by atoms with E-state index in [2.05, 4.69) is 20.4 Å². The van der Waals surface area contributed by atoms with Crippen LogP contribution in [0.5, 0.6) is 0 Å². The predicted octanol–water partition coefficient (Wildman–Crippen LogP) is 2.46. The lowest BCUT2D eigenvalue weighted by molar-refractivity contribution is -0.146. The first-order valence-electron chi connectivity index (χ1n) is 6.57. The zero-order valence-corrected chi connectivity index (χ0v) is 11.2. The fraction of sp³-hybridized carbons (Fsp3) is 0.667. The highest BCUT2D eigenvalue weighted by Crippen LogP contribution is 2.48. The molecule has 3 heteroatoms. The summed E-state index contributed by atoms with van der Waals surface area (Å²) in [7, 11) is 0. The van der Waals surface area contributed by atoms with Gasteiger partial charge in [-0.25, -0.2) is 0 Å². The highest BCUT2D eigenvalue weighted by atomic mass is 16.5. The first-order chi connectivity index (χ1) is 8.46. The molecule has 1 saturated carbocycles. The normalized spacial score (nSPS) is 35.4. The SMILES string of the molecule is C=C[C@@H]1CC(C)(C)C/C1=C1\COC(=O)C[C@H]1CO. The molecule has 2 rings (SSSR count). The lowest BCUT2D eigenvalue weighted by Crippen LogP contribution is -2.27. The molecule has 0 aromatic carbocycles. The third-order valence-electron chi connectivity index (χ3n) is 4.10. The Kier molecular flexibility index (Phi) is 3.62. The molecule has 1 saturated heterocycles. The minimum Gasteiger partial charge on any atom is -0.461 e. The Labute approximate surface area is 109 Å². The molecule has 0 aromatic rings. The van der Waals surface area contributed by atoms with E-state index in [-0.39, 0.29) is 23.9 Å². The van der Waals surface area contributed by atoms with Crippen molar-refractivity contribution in [2.45, 2.75) is 33.1 Å². The van der Waals surface area contributed by atoms with E-state index in [9.17, 15) is 9.90 Å². The zero-order valence-electron chi connectivity index (χ0n) is 11.2. The summed E-state index contributed by atoms with van der Waals surface area (Å²) in [6.07, 6.45) is 4.38. The van der Waals surface area contributed by atoms with Crippen LogP contribution in [-0.2, 0) is 9.53 Å². The van der Waals surface area contributed by atoms with Gasteiger partial charge >= 0.3 is 5.97 Å². The Hall–Kier alpha value is -1.09. The maximum Gasteiger partial charge on any atom is 0.306 e. The van der Waals surface area contributed by atoms with Gasteiger partial charge in [-0.05, 0) is 29.7 Å². The smallest absolute Gasteiger partial charge is 0.306 e. The Bertz CT molecular complexity index is 393. The van der Waals surface area contributed by atoms with Gasteiger partial charge in [0.1, 0.15) is 6.61 Å².